The summed E-state index contributed by atoms with van der Waals surface area (Å²) in [4.78, 5) is 11.3. The van der Waals surface area contributed by atoms with Crippen LogP contribution >= 0.6 is 11.6 Å². The number of benzene rings is 2. The molecule has 18 heavy (non-hydrogen) atoms. The number of carbonyl (C=O) groups excluding carboxylic acids is 1. The van der Waals surface area contributed by atoms with Crippen molar-refractivity contribution in [3.05, 3.63) is 47.0 Å². The van der Waals surface area contributed by atoms with Crippen molar-refractivity contribution in [1.82, 2.24) is 0 Å². The second-order valence-electron chi connectivity index (χ2n) is 4.26. The van der Waals surface area contributed by atoms with E-state index in [1.54, 1.807) is 18.2 Å². The van der Waals surface area contributed by atoms with Crippen molar-refractivity contribution < 1.29 is 9.90 Å². The quantitative estimate of drug-likeness (QED) is 0.826. The minimum Gasteiger partial charge on any atom is -0.507 e. The number of amides is 1. The van der Waals surface area contributed by atoms with E-state index in [-0.39, 0.29) is 11.7 Å². The first-order valence-electron chi connectivity index (χ1n) is 5.55. The molecule has 2 N–H and O–H groups in total. The van der Waals surface area contributed by atoms with Gasteiger partial charge in [0.05, 0.1) is 6.42 Å². The summed E-state index contributed by atoms with van der Waals surface area (Å²) in [6, 6.07) is 10.5. The van der Waals surface area contributed by atoms with E-state index in [1.165, 1.54) is 0 Å². The Bertz CT molecular complexity index is 652. The molecule has 2 aromatic carbocycles. The predicted octanol–water partition coefficient (Wildman–Crippen LogP) is 3.21. The molecule has 0 radical (unpaired) electrons. The molecule has 0 spiro atoms. The van der Waals surface area contributed by atoms with Crippen molar-refractivity contribution in [2.24, 2.45) is 0 Å². The molecular weight excluding hydrogens is 250 g/mol. The Morgan fingerprint density at radius 2 is 2.00 bits per heavy atom. The number of rotatable bonds is 1. The van der Waals surface area contributed by atoms with Gasteiger partial charge in [-0.05, 0) is 35.4 Å². The van der Waals surface area contributed by atoms with Crippen molar-refractivity contribution in [3.8, 4) is 16.9 Å². The molecule has 0 unspecified atom stereocenters. The average molecular weight is 260 g/mol. The third-order valence-corrected chi connectivity index (χ3v) is 3.24. The van der Waals surface area contributed by atoms with Crippen LogP contribution in [0, 0.1) is 0 Å². The normalized spacial score (nSPS) is 13.3. The van der Waals surface area contributed by atoms with Crippen molar-refractivity contribution in [2.75, 3.05) is 5.32 Å². The maximum atomic E-state index is 11.3. The largest absolute Gasteiger partial charge is 0.507 e. The molecule has 3 nitrogen and oxygen atoms in total. The van der Waals surface area contributed by atoms with E-state index in [4.69, 9.17) is 11.6 Å². The Morgan fingerprint density at radius 3 is 2.83 bits per heavy atom. The molecule has 1 amide bonds. The Kier molecular flexibility index (Phi) is 2.49. The van der Waals surface area contributed by atoms with Gasteiger partial charge in [-0.2, -0.15) is 0 Å². The molecule has 0 aromatic heterocycles. The summed E-state index contributed by atoms with van der Waals surface area (Å²) in [7, 11) is 0. The van der Waals surface area contributed by atoms with E-state index in [0.29, 0.717) is 17.0 Å². The zero-order valence-corrected chi connectivity index (χ0v) is 10.2. The number of phenolic OH excluding ortho intramolecular Hbond substituents is 1. The summed E-state index contributed by atoms with van der Waals surface area (Å²) < 4.78 is 0. The van der Waals surface area contributed by atoms with E-state index in [2.05, 4.69) is 5.32 Å². The number of hydrogen-bond acceptors (Lipinski definition) is 2. The van der Waals surface area contributed by atoms with Gasteiger partial charge in [0.25, 0.3) is 0 Å². The zero-order chi connectivity index (χ0) is 12.7. The lowest BCUT2D eigenvalue weighted by atomic mass is 10.0. The number of hydrogen-bond donors (Lipinski definition) is 2. The van der Waals surface area contributed by atoms with Crippen molar-refractivity contribution in [1.29, 1.82) is 0 Å². The van der Waals surface area contributed by atoms with Gasteiger partial charge >= 0.3 is 0 Å². The monoisotopic (exact) mass is 259 g/mol. The minimum absolute atomic E-state index is 0.00235. The van der Waals surface area contributed by atoms with Gasteiger partial charge in [0, 0.05) is 16.3 Å². The Morgan fingerprint density at radius 1 is 1.17 bits per heavy atom. The Hall–Kier alpha value is -2.00. The molecule has 0 saturated heterocycles. The standard InChI is InChI=1S/C14H10ClNO2/c15-10-3-4-13(17)11(7-10)8-1-2-9-6-14(18)16-12(9)5-8/h1-5,7,17H,6H2,(H,16,18). The van der Waals surface area contributed by atoms with Crippen LogP contribution in [0.15, 0.2) is 36.4 Å². The first-order chi connectivity index (χ1) is 8.63. The number of carbonyl (C=O) groups is 1. The van der Waals surface area contributed by atoms with Crippen LogP contribution in [0.5, 0.6) is 5.75 Å². The molecule has 0 saturated carbocycles. The molecular formula is C14H10ClNO2. The lowest BCUT2D eigenvalue weighted by Gasteiger charge is -2.07. The molecule has 1 aliphatic heterocycles. The molecule has 1 heterocycles. The van der Waals surface area contributed by atoms with E-state index < -0.39 is 0 Å². The highest BCUT2D eigenvalue weighted by Gasteiger charge is 2.18. The van der Waals surface area contributed by atoms with Crippen molar-refractivity contribution in [2.45, 2.75) is 6.42 Å². The van der Waals surface area contributed by atoms with Crippen LogP contribution in [0.25, 0.3) is 11.1 Å². The fourth-order valence-corrected chi connectivity index (χ4v) is 2.29. The highest BCUT2D eigenvalue weighted by atomic mass is 35.5. The lowest BCUT2D eigenvalue weighted by Crippen LogP contribution is -2.03. The summed E-state index contributed by atoms with van der Waals surface area (Å²) in [6.07, 6.45) is 0.414. The molecule has 0 atom stereocenters. The second-order valence-corrected chi connectivity index (χ2v) is 4.69. The molecule has 1 aliphatic rings. The summed E-state index contributed by atoms with van der Waals surface area (Å²) in [6.45, 7) is 0. The Labute approximate surface area is 109 Å². The number of fused-ring (bicyclic) bond motifs is 1. The third-order valence-electron chi connectivity index (χ3n) is 3.00. The van der Waals surface area contributed by atoms with Gasteiger partial charge in [0.1, 0.15) is 5.75 Å². The summed E-state index contributed by atoms with van der Waals surface area (Å²) in [5, 5.41) is 13.2. The smallest absolute Gasteiger partial charge is 0.228 e. The summed E-state index contributed by atoms with van der Waals surface area (Å²) >= 11 is 5.93. The van der Waals surface area contributed by atoms with E-state index >= 15 is 0 Å². The first-order valence-corrected chi connectivity index (χ1v) is 5.93. The van der Waals surface area contributed by atoms with E-state index in [9.17, 15) is 9.90 Å². The van der Waals surface area contributed by atoms with Crippen molar-refractivity contribution in [3.63, 3.8) is 0 Å². The number of halogens is 1. The second kappa shape index (κ2) is 4.03. The van der Waals surface area contributed by atoms with Crippen LogP contribution in [-0.2, 0) is 11.2 Å². The lowest BCUT2D eigenvalue weighted by molar-refractivity contribution is -0.115. The molecule has 2 aromatic rings. The molecule has 3 rings (SSSR count). The van der Waals surface area contributed by atoms with Gasteiger partial charge in [0.15, 0.2) is 0 Å². The van der Waals surface area contributed by atoms with Crippen LogP contribution in [-0.4, -0.2) is 11.0 Å². The number of phenols is 1. The van der Waals surface area contributed by atoms with Gasteiger partial charge < -0.3 is 10.4 Å². The first kappa shape index (κ1) is 11.1. The molecule has 0 fully saturated rings. The fraction of sp³-hybridized carbons (Fsp3) is 0.0714. The topological polar surface area (TPSA) is 49.3 Å². The van der Waals surface area contributed by atoms with Gasteiger partial charge in [0.2, 0.25) is 5.91 Å². The fourth-order valence-electron chi connectivity index (χ4n) is 2.12. The maximum Gasteiger partial charge on any atom is 0.228 e. The molecule has 0 bridgehead atoms. The predicted molar refractivity (Wildman–Crippen MR) is 70.9 cm³/mol. The zero-order valence-electron chi connectivity index (χ0n) is 9.40. The third kappa shape index (κ3) is 1.83. The number of aromatic hydroxyl groups is 1. The number of nitrogens with one attached hydrogen (secondary N) is 1. The highest BCUT2D eigenvalue weighted by molar-refractivity contribution is 6.31. The Balaban J connectivity index is 2.11. The van der Waals surface area contributed by atoms with Gasteiger partial charge in [-0.3, -0.25) is 4.79 Å². The van der Waals surface area contributed by atoms with Crippen LogP contribution in [0.3, 0.4) is 0 Å². The molecule has 4 heteroatoms. The van der Waals surface area contributed by atoms with Crippen LogP contribution in [0.2, 0.25) is 5.02 Å². The van der Waals surface area contributed by atoms with Gasteiger partial charge in [-0.15, -0.1) is 0 Å². The molecule has 0 aliphatic carbocycles. The van der Waals surface area contributed by atoms with Crippen LogP contribution in [0.1, 0.15) is 5.56 Å². The van der Waals surface area contributed by atoms with E-state index in [1.807, 2.05) is 18.2 Å². The molecule has 90 valence electrons. The maximum absolute atomic E-state index is 11.3. The van der Waals surface area contributed by atoms with Crippen LogP contribution < -0.4 is 5.32 Å². The number of anilines is 1. The van der Waals surface area contributed by atoms with Crippen LogP contribution in [0.4, 0.5) is 5.69 Å². The van der Waals surface area contributed by atoms with Gasteiger partial charge in [-0.1, -0.05) is 23.7 Å². The summed E-state index contributed by atoms with van der Waals surface area (Å²) in [5.74, 6) is 0.168. The van der Waals surface area contributed by atoms with Gasteiger partial charge in [-0.25, -0.2) is 0 Å². The summed E-state index contributed by atoms with van der Waals surface area (Å²) in [5.41, 5.74) is 3.27. The SMILES string of the molecule is O=C1Cc2ccc(-c3cc(Cl)ccc3O)cc2N1. The highest BCUT2D eigenvalue weighted by Crippen LogP contribution is 2.35. The van der Waals surface area contributed by atoms with Crippen molar-refractivity contribution >= 4 is 23.2 Å². The average Bonchev–Trinajstić information content (AvgIpc) is 2.71. The minimum atomic E-state index is -0.00235. The van der Waals surface area contributed by atoms with E-state index in [0.717, 1.165) is 16.8 Å².